The van der Waals surface area contributed by atoms with Gasteiger partial charge in [-0.3, -0.25) is 4.79 Å². The molecule has 1 N–H and O–H groups in total. The molecule has 1 aliphatic heterocycles. The van der Waals surface area contributed by atoms with E-state index in [-0.39, 0.29) is 23.6 Å². The molecule has 2 aromatic carbocycles. The fraction of sp³-hybridized carbons (Fsp3) is 0.370. The van der Waals surface area contributed by atoms with E-state index in [2.05, 4.69) is 48.1 Å². The van der Waals surface area contributed by atoms with E-state index in [0.717, 1.165) is 34.9 Å². The van der Waals surface area contributed by atoms with Crippen molar-refractivity contribution in [1.29, 1.82) is 0 Å². The third-order valence-electron chi connectivity index (χ3n) is 5.76. The molecule has 8 heteroatoms. The zero-order valence-electron chi connectivity index (χ0n) is 20.3. The van der Waals surface area contributed by atoms with Gasteiger partial charge in [0.05, 0.1) is 25.0 Å². The van der Waals surface area contributed by atoms with Gasteiger partial charge in [0.1, 0.15) is 5.82 Å². The van der Waals surface area contributed by atoms with Crippen molar-refractivity contribution in [3.05, 3.63) is 78.1 Å². The summed E-state index contributed by atoms with van der Waals surface area (Å²) in [5.41, 5.74) is 2.16. The molecule has 0 fully saturated rings. The van der Waals surface area contributed by atoms with Crippen LogP contribution in [-0.4, -0.2) is 39.6 Å². The van der Waals surface area contributed by atoms with Crippen LogP contribution in [0.1, 0.15) is 43.3 Å². The average molecular weight is 493 g/mol. The number of thioether (sulfide) groups is 1. The van der Waals surface area contributed by atoms with Gasteiger partial charge < -0.3 is 19.4 Å². The van der Waals surface area contributed by atoms with Crippen LogP contribution in [0.4, 0.5) is 0 Å². The molecule has 1 amide bonds. The molecule has 35 heavy (non-hydrogen) atoms. The van der Waals surface area contributed by atoms with Crippen LogP contribution in [0.5, 0.6) is 11.5 Å². The van der Waals surface area contributed by atoms with Gasteiger partial charge in [-0.1, -0.05) is 68.1 Å². The van der Waals surface area contributed by atoms with Crippen molar-refractivity contribution in [2.45, 2.75) is 44.4 Å². The highest BCUT2D eigenvalue weighted by atomic mass is 32.2. The summed E-state index contributed by atoms with van der Waals surface area (Å²) in [4.78, 5) is 12.9. The number of benzene rings is 2. The zero-order valence-corrected chi connectivity index (χ0v) is 21.1. The molecule has 1 unspecified atom stereocenters. The van der Waals surface area contributed by atoms with Crippen LogP contribution in [0.15, 0.2) is 66.3 Å². The molecule has 0 saturated heterocycles. The smallest absolute Gasteiger partial charge is 0.230 e. The number of nitrogens with zero attached hydrogens (tertiary/aromatic N) is 3. The number of ether oxygens (including phenoxy) is 2. The molecule has 4 rings (SSSR count). The van der Waals surface area contributed by atoms with Gasteiger partial charge in [-0.05, 0) is 29.2 Å². The molecule has 1 atom stereocenters. The van der Waals surface area contributed by atoms with E-state index in [9.17, 15) is 4.79 Å². The molecule has 0 aliphatic carbocycles. The minimum absolute atomic E-state index is 0.0569. The molecule has 0 saturated carbocycles. The van der Waals surface area contributed by atoms with E-state index < -0.39 is 0 Å². The number of carbonyl (C=O) groups excluding carboxylic acids is 1. The van der Waals surface area contributed by atoms with Gasteiger partial charge in [-0.25, -0.2) is 0 Å². The van der Waals surface area contributed by atoms with E-state index in [0.29, 0.717) is 31.3 Å². The Bertz CT molecular complexity index is 1150. The Labute approximate surface area is 210 Å². The van der Waals surface area contributed by atoms with Gasteiger partial charge in [0.2, 0.25) is 5.91 Å². The van der Waals surface area contributed by atoms with Crippen molar-refractivity contribution < 1.29 is 14.3 Å². The summed E-state index contributed by atoms with van der Waals surface area (Å²) in [6.45, 7) is 9.92. The van der Waals surface area contributed by atoms with Crippen molar-refractivity contribution in [2.24, 2.45) is 5.92 Å². The number of nitrogens with one attached hydrogen (secondary N) is 1. The number of allylic oxidation sites excluding steroid dienone is 1. The van der Waals surface area contributed by atoms with Crippen LogP contribution in [0.3, 0.4) is 0 Å². The predicted octanol–water partition coefficient (Wildman–Crippen LogP) is 4.82. The molecule has 3 aromatic rings. The molecule has 1 aromatic heterocycles. The maximum Gasteiger partial charge on any atom is 0.230 e. The largest absolute Gasteiger partial charge is 0.490 e. The number of hydrogen-bond acceptors (Lipinski definition) is 6. The van der Waals surface area contributed by atoms with Crippen molar-refractivity contribution in [3.63, 3.8) is 0 Å². The summed E-state index contributed by atoms with van der Waals surface area (Å²) >= 11 is 1.39. The second-order valence-corrected chi connectivity index (χ2v) is 9.74. The molecule has 184 valence electrons. The molecule has 0 spiro atoms. The van der Waals surface area contributed by atoms with E-state index in [1.807, 2.05) is 47.0 Å². The molecule has 1 aliphatic rings. The third kappa shape index (κ3) is 6.45. The molecular weight excluding hydrogens is 460 g/mol. The Balaban J connectivity index is 1.42. The topological polar surface area (TPSA) is 78.3 Å². The lowest BCUT2D eigenvalue weighted by Gasteiger charge is -2.24. The van der Waals surface area contributed by atoms with Crippen LogP contribution in [0.2, 0.25) is 0 Å². The highest BCUT2D eigenvalue weighted by Crippen LogP contribution is 2.34. The number of rotatable bonds is 10. The molecule has 0 bridgehead atoms. The highest BCUT2D eigenvalue weighted by Gasteiger charge is 2.22. The van der Waals surface area contributed by atoms with E-state index >= 15 is 0 Å². The summed E-state index contributed by atoms with van der Waals surface area (Å²) in [6, 6.07) is 15.9. The Morgan fingerprint density at radius 2 is 1.91 bits per heavy atom. The Morgan fingerprint density at radius 3 is 2.66 bits per heavy atom. The lowest BCUT2D eigenvalue weighted by atomic mass is 9.95. The minimum Gasteiger partial charge on any atom is -0.490 e. The highest BCUT2D eigenvalue weighted by molar-refractivity contribution is 7.99. The maximum atomic E-state index is 12.9. The first-order valence-electron chi connectivity index (χ1n) is 11.9. The first-order valence-corrected chi connectivity index (χ1v) is 12.9. The molecular formula is C27H32N4O3S. The molecule has 2 heterocycles. The summed E-state index contributed by atoms with van der Waals surface area (Å²) in [6.07, 6.45) is 3.35. The Kier molecular flexibility index (Phi) is 8.47. The van der Waals surface area contributed by atoms with Crippen LogP contribution in [-0.2, 0) is 17.8 Å². The summed E-state index contributed by atoms with van der Waals surface area (Å²) in [5.74, 6) is 2.73. The zero-order chi connectivity index (χ0) is 24.6. The number of amides is 1. The lowest BCUT2D eigenvalue weighted by molar-refractivity contribution is -0.119. The maximum absolute atomic E-state index is 12.9. The van der Waals surface area contributed by atoms with Gasteiger partial charge >= 0.3 is 0 Å². The van der Waals surface area contributed by atoms with Crippen LogP contribution in [0, 0.1) is 5.92 Å². The standard InChI is InChI=1S/C27H32N4O3S/c1-4-13-31-24(16-20-9-6-5-7-10-20)29-30-27(31)35-18-25(32)28-26(19(2)3)21-11-12-22-23(17-21)34-15-8-14-33-22/h4-7,9-12,17,19,26H,1,8,13-16,18H2,2-3H3,(H,28,32). The predicted molar refractivity (Wildman–Crippen MR) is 138 cm³/mol. The van der Waals surface area contributed by atoms with Gasteiger partial charge in [0.25, 0.3) is 0 Å². The van der Waals surface area contributed by atoms with Gasteiger partial charge in [-0.15, -0.1) is 16.8 Å². The second kappa shape index (κ2) is 11.9. The van der Waals surface area contributed by atoms with Crippen LogP contribution >= 0.6 is 11.8 Å². The van der Waals surface area contributed by atoms with Crippen molar-refractivity contribution in [2.75, 3.05) is 19.0 Å². The third-order valence-corrected chi connectivity index (χ3v) is 6.72. The van der Waals surface area contributed by atoms with E-state index in [1.165, 1.54) is 11.8 Å². The van der Waals surface area contributed by atoms with E-state index in [1.54, 1.807) is 0 Å². The first-order chi connectivity index (χ1) is 17.0. The van der Waals surface area contributed by atoms with Gasteiger partial charge in [0, 0.05) is 19.4 Å². The summed E-state index contributed by atoms with van der Waals surface area (Å²) < 4.78 is 13.6. The van der Waals surface area contributed by atoms with Crippen molar-refractivity contribution >= 4 is 17.7 Å². The molecule has 7 nitrogen and oxygen atoms in total. The number of hydrogen-bond donors (Lipinski definition) is 1. The fourth-order valence-electron chi connectivity index (χ4n) is 4.00. The SMILES string of the molecule is C=CCn1c(Cc2ccccc2)nnc1SCC(=O)NC(c1ccc2c(c1)OCCCO2)C(C)C. The van der Waals surface area contributed by atoms with Gasteiger partial charge in [0.15, 0.2) is 16.7 Å². The Hall–Kier alpha value is -3.26. The monoisotopic (exact) mass is 492 g/mol. The number of aromatic nitrogens is 3. The van der Waals surface area contributed by atoms with Crippen molar-refractivity contribution in [1.82, 2.24) is 20.1 Å². The Morgan fingerprint density at radius 1 is 1.14 bits per heavy atom. The quantitative estimate of drug-likeness (QED) is 0.323. The normalized spacial score (nSPS) is 13.8. The summed E-state index contributed by atoms with van der Waals surface area (Å²) in [7, 11) is 0. The second-order valence-electron chi connectivity index (χ2n) is 8.79. The first kappa shape index (κ1) is 24.9. The number of carbonyl (C=O) groups is 1. The average Bonchev–Trinajstić information content (AvgIpc) is 3.07. The van der Waals surface area contributed by atoms with Gasteiger partial charge in [-0.2, -0.15) is 0 Å². The van der Waals surface area contributed by atoms with Crippen molar-refractivity contribution in [3.8, 4) is 11.5 Å². The summed E-state index contributed by atoms with van der Waals surface area (Å²) in [5, 5.41) is 12.6. The fourth-order valence-corrected chi connectivity index (χ4v) is 4.78. The van der Waals surface area contributed by atoms with E-state index in [4.69, 9.17) is 9.47 Å². The minimum atomic E-state index is -0.139. The molecule has 0 radical (unpaired) electrons. The number of fused-ring (bicyclic) bond motifs is 1. The van der Waals surface area contributed by atoms with Crippen LogP contribution in [0.25, 0.3) is 0 Å². The lowest BCUT2D eigenvalue weighted by Crippen LogP contribution is -2.33. The van der Waals surface area contributed by atoms with Crippen LogP contribution < -0.4 is 14.8 Å².